The molecular formula is C39H82NO3P. The van der Waals surface area contributed by atoms with Gasteiger partial charge in [-0.05, 0) is 12.8 Å². The topological polar surface area (TPSA) is 49.8 Å². The van der Waals surface area contributed by atoms with Gasteiger partial charge in [-0.1, -0.05) is 219 Å². The van der Waals surface area contributed by atoms with Crippen LogP contribution in [0.1, 0.15) is 232 Å². The molecule has 0 bridgehead atoms. The Bertz CT molecular complexity index is 550. The van der Waals surface area contributed by atoms with E-state index in [9.17, 15) is 9.46 Å². The zero-order chi connectivity index (χ0) is 32.2. The molecule has 0 spiro atoms. The number of hydrogen-bond donors (Lipinski definition) is 1. The fraction of sp³-hybridized carbons (Fsp3) is 1.00. The second-order valence-electron chi connectivity index (χ2n) is 13.9. The quantitative estimate of drug-likeness (QED) is 0.0537. The van der Waals surface area contributed by atoms with E-state index in [1.165, 1.54) is 200 Å². The predicted octanol–water partition coefficient (Wildman–Crippen LogP) is 14.3. The lowest BCUT2D eigenvalue weighted by molar-refractivity contribution is 0.230. The second-order valence-corrected chi connectivity index (χ2v) is 15.9. The average molecular weight is 644 g/mol. The van der Waals surface area contributed by atoms with Crippen molar-refractivity contribution in [2.24, 2.45) is 0 Å². The summed E-state index contributed by atoms with van der Waals surface area (Å²) in [5.74, 6) is 0. The Labute approximate surface area is 278 Å². The second kappa shape index (κ2) is 36.0. The Kier molecular flexibility index (Phi) is 36.0. The van der Waals surface area contributed by atoms with Gasteiger partial charge in [0.05, 0.1) is 0 Å². The van der Waals surface area contributed by atoms with Crippen LogP contribution in [0, 0.1) is 0 Å². The summed E-state index contributed by atoms with van der Waals surface area (Å²) in [7, 11) is -2.26. The minimum atomic E-state index is -3.63. The van der Waals surface area contributed by atoms with Crippen molar-refractivity contribution in [2.75, 3.05) is 20.2 Å². The van der Waals surface area contributed by atoms with Crippen molar-refractivity contribution in [1.29, 1.82) is 0 Å². The Morgan fingerprint density at radius 1 is 0.386 bits per heavy atom. The third-order valence-electron chi connectivity index (χ3n) is 9.63. The van der Waals surface area contributed by atoms with Crippen molar-refractivity contribution >= 4 is 7.75 Å². The highest BCUT2D eigenvalue weighted by atomic mass is 31.2. The fourth-order valence-electron chi connectivity index (χ4n) is 6.52. The van der Waals surface area contributed by atoms with Crippen molar-refractivity contribution in [2.45, 2.75) is 232 Å². The van der Waals surface area contributed by atoms with E-state index >= 15 is 0 Å². The molecule has 0 rings (SSSR count). The molecule has 0 aliphatic heterocycles. The largest absolute Gasteiger partial charge is 0.405 e. The van der Waals surface area contributed by atoms with E-state index in [-0.39, 0.29) is 0 Å². The smallest absolute Gasteiger partial charge is 0.312 e. The van der Waals surface area contributed by atoms with Crippen LogP contribution >= 0.6 is 7.75 Å². The van der Waals surface area contributed by atoms with Gasteiger partial charge in [0.15, 0.2) is 0 Å². The summed E-state index contributed by atoms with van der Waals surface area (Å²) in [5.41, 5.74) is 0. The van der Waals surface area contributed by atoms with Gasteiger partial charge in [0.25, 0.3) is 0 Å². The van der Waals surface area contributed by atoms with E-state index in [2.05, 4.69) is 13.8 Å². The molecular weight excluding hydrogens is 561 g/mol. The van der Waals surface area contributed by atoms with Gasteiger partial charge in [-0.25, -0.2) is 9.24 Å². The monoisotopic (exact) mass is 644 g/mol. The van der Waals surface area contributed by atoms with Crippen LogP contribution in [0.25, 0.3) is 0 Å². The van der Waals surface area contributed by atoms with Gasteiger partial charge < -0.3 is 9.42 Å². The average Bonchev–Trinajstić information content (AvgIpc) is 3.02. The molecule has 4 nitrogen and oxygen atoms in total. The first-order valence-electron chi connectivity index (χ1n) is 20.2. The van der Waals surface area contributed by atoms with Crippen LogP contribution in [0.5, 0.6) is 0 Å². The third-order valence-corrected chi connectivity index (χ3v) is 11.2. The molecule has 0 aromatic carbocycles. The molecule has 1 atom stereocenters. The van der Waals surface area contributed by atoms with Gasteiger partial charge in [-0.3, -0.25) is 0 Å². The predicted molar refractivity (Wildman–Crippen MR) is 197 cm³/mol. The van der Waals surface area contributed by atoms with Gasteiger partial charge >= 0.3 is 7.75 Å². The highest BCUT2D eigenvalue weighted by Gasteiger charge is 2.27. The Balaban J connectivity index is 3.58. The van der Waals surface area contributed by atoms with Crippen molar-refractivity contribution in [1.82, 2.24) is 4.67 Å². The highest BCUT2D eigenvalue weighted by molar-refractivity contribution is 7.50. The summed E-state index contributed by atoms with van der Waals surface area (Å²) < 4.78 is 19.3. The summed E-state index contributed by atoms with van der Waals surface area (Å²) in [5, 5.41) is 0. The number of rotatable bonds is 38. The molecule has 0 aromatic heterocycles. The van der Waals surface area contributed by atoms with E-state index in [4.69, 9.17) is 4.52 Å². The summed E-state index contributed by atoms with van der Waals surface area (Å²) in [6.45, 7) is 5.94. The van der Waals surface area contributed by atoms with E-state index in [1.54, 1.807) is 4.67 Å². The summed E-state index contributed by atoms with van der Waals surface area (Å²) >= 11 is 0. The molecule has 0 saturated carbocycles. The SMILES string of the molecule is CCCCCCCCCCCCCCCCCCCN(CCCCCCCCCCCCCCCCCCC)P(=O)(O)OC. The Hall–Kier alpha value is 0.110. The van der Waals surface area contributed by atoms with Crippen molar-refractivity contribution in [3.8, 4) is 0 Å². The standard InChI is InChI=1S/C39H82NO3P/c1-4-6-8-10-12-14-16-18-20-22-24-26-28-30-32-34-36-38-40(44(41,42)43-3)39-37-35-33-31-29-27-25-23-21-19-17-15-13-11-9-7-5-2/h4-39H2,1-3H3,(H,41,42). The first-order valence-corrected chi connectivity index (χ1v) is 21.8. The van der Waals surface area contributed by atoms with Crippen LogP contribution in [0.2, 0.25) is 0 Å². The van der Waals surface area contributed by atoms with Crippen LogP contribution < -0.4 is 0 Å². The zero-order valence-electron chi connectivity index (χ0n) is 30.6. The van der Waals surface area contributed by atoms with Crippen molar-refractivity contribution in [3.05, 3.63) is 0 Å². The molecule has 0 amide bonds. The Morgan fingerprint density at radius 3 is 0.750 bits per heavy atom. The summed E-state index contributed by atoms with van der Waals surface area (Å²) in [6, 6.07) is 0. The van der Waals surface area contributed by atoms with E-state index in [0.29, 0.717) is 13.1 Å². The molecule has 0 aliphatic carbocycles. The minimum absolute atomic E-state index is 0.680. The molecule has 0 aromatic rings. The lowest BCUT2D eigenvalue weighted by Crippen LogP contribution is -2.23. The Morgan fingerprint density at radius 2 is 0.568 bits per heavy atom. The van der Waals surface area contributed by atoms with Gasteiger partial charge in [0.2, 0.25) is 0 Å². The minimum Gasteiger partial charge on any atom is -0.312 e. The lowest BCUT2D eigenvalue weighted by atomic mass is 10.0. The van der Waals surface area contributed by atoms with Gasteiger partial charge in [0.1, 0.15) is 0 Å². The maximum absolute atomic E-state index is 12.5. The zero-order valence-corrected chi connectivity index (χ0v) is 31.5. The molecule has 1 unspecified atom stereocenters. The van der Waals surface area contributed by atoms with Crippen LogP contribution in [0.4, 0.5) is 0 Å². The molecule has 266 valence electrons. The first kappa shape index (κ1) is 44.1. The first-order chi connectivity index (χ1) is 21.6. The maximum atomic E-state index is 12.5. The van der Waals surface area contributed by atoms with Crippen LogP contribution in [-0.2, 0) is 9.09 Å². The lowest BCUT2D eigenvalue weighted by Gasteiger charge is -2.25. The van der Waals surface area contributed by atoms with Crippen molar-refractivity contribution in [3.63, 3.8) is 0 Å². The van der Waals surface area contributed by atoms with Crippen LogP contribution in [0.3, 0.4) is 0 Å². The molecule has 0 fully saturated rings. The summed E-state index contributed by atoms with van der Waals surface area (Å²) in [6.07, 6.45) is 46.0. The summed E-state index contributed by atoms with van der Waals surface area (Å²) in [4.78, 5) is 10.3. The molecule has 0 heterocycles. The molecule has 0 saturated heterocycles. The number of unbranched alkanes of at least 4 members (excludes halogenated alkanes) is 32. The molecule has 44 heavy (non-hydrogen) atoms. The van der Waals surface area contributed by atoms with Gasteiger partial charge in [-0.15, -0.1) is 0 Å². The highest BCUT2D eigenvalue weighted by Crippen LogP contribution is 2.45. The van der Waals surface area contributed by atoms with Gasteiger partial charge in [0, 0.05) is 20.2 Å². The molecule has 0 aliphatic rings. The van der Waals surface area contributed by atoms with E-state index in [1.807, 2.05) is 0 Å². The normalized spacial score (nSPS) is 13.2. The fourth-order valence-corrected chi connectivity index (χ4v) is 7.54. The van der Waals surface area contributed by atoms with Gasteiger partial charge in [-0.2, -0.15) is 0 Å². The van der Waals surface area contributed by atoms with Crippen molar-refractivity contribution < 1.29 is 14.0 Å². The molecule has 5 heteroatoms. The number of nitrogens with zero attached hydrogens (tertiary/aromatic N) is 1. The third kappa shape index (κ3) is 32.1. The van der Waals surface area contributed by atoms with Crippen LogP contribution in [-0.4, -0.2) is 29.8 Å². The number of hydrogen-bond acceptors (Lipinski definition) is 2. The van der Waals surface area contributed by atoms with Crippen LogP contribution in [0.15, 0.2) is 0 Å². The molecule has 0 radical (unpaired) electrons. The maximum Gasteiger partial charge on any atom is 0.405 e. The van der Waals surface area contributed by atoms with E-state index < -0.39 is 7.75 Å². The van der Waals surface area contributed by atoms with E-state index in [0.717, 1.165) is 25.7 Å². The molecule has 1 N–H and O–H groups in total.